The lowest BCUT2D eigenvalue weighted by atomic mass is 10.1. The van der Waals surface area contributed by atoms with Gasteiger partial charge in [-0.2, -0.15) is 16.9 Å². The summed E-state index contributed by atoms with van der Waals surface area (Å²) in [5, 5.41) is 11.1. The number of nitrogens with zero attached hydrogens (tertiary/aromatic N) is 3. The van der Waals surface area contributed by atoms with Gasteiger partial charge in [-0.15, -0.1) is 0 Å². The first-order valence-corrected chi connectivity index (χ1v) is 10.4. The minimum absolute atomic E-state index is 0.310. The first-order valence-electron chi connectivity index (χ1n) is 9.44. The Balaban J connectivity index is 1.49. The van der Waals surface area contributed by atoms with E-state index in [2.05, 4.69) is 65.6 Å². The summed E-state index contributed by atoms with van der Waals surface area (Å²) >= 11 is 2.06. The highest BCUT2D eigenvalue weighted by molar-refractivity contribution is 8.00. The molecule has 1 atom stereocenters. The largest absolute Gasteiger partial charge is 0.357 e. The number of aliphatic imine (C=N–C) groups is 1. The Morgan fingerprint density at radius 3 is 2.81 bits per heavy atom. The molecule has 0 amide bonds. The highest BCUT2D eigenvalue weighted by Crippen LogP contribution is 2.37. The van der Waals surface area contributed by atoms with Crippen molar-refractivity contribution in [3.05, 3.63) is 48.3 Å². The maximum absolute atomic E-state index is 4.81. The summed E-state index contributed by atoms with van der Waals surface area (Å²) in [5.41, 5.74) is 2.39. The van der Waals surface area contributed by atoms with Gasteiger partial charge in [0.1, 0.15) is 0 Å². The summed E-state index contributed by atoms with van der Waals surface area (Å²) in [6, 6.07) is 10.5. The average molecular weight is 372 g/mol. The zero-order valence-corrected chi connectivity index (χ0v) is 16.6. The van der Waals surface area contributed by atoms with Gasteiger partial charge in [-0.05, 0) is 62.6 Å². The second-order valence-corrected chi connectivity index (χ2v) is 8.57. The molecular weight excluding hydrogens is 342 g/mol. The van der Waals surface area contributed by atoms with Gasteiger partial charge in [0.25, 0.3) is 0 Å². The number of hydrogen-bond acceptors (Lipinski definition) is 3. The van der Waals surface area contributed by atoms with Crippen molar-refractivity contribution in [2.45, 2.75) is 37.9 Å². The monoisotopic (exact) mass is 371 g/mol. The van der Waals surface area contributed by atoms with Crippen LogP contribution in [0.2, 0.25) is 0 Å². The number of hydrogen-bond donors (Lipinski definition) is 2. The summed E-state index contributed by atoms with van der Waals surface area (Å²) in [4.78, 5) is 4.81. The van der Waals surface area contributed by atoms with Gasteiger partial charge >= 0.3 is 0 Å². The third kappa shape index (κ3) is 5.27. The normalized spacial score (nSPS) is 20.3. The third-order valence-electron chi connectivity index (χ3n) is 4.63. The number of guanidine groups is 1. The van der Waals surface area contributed by atoms with Crippen LogP contribution in [0, 0.1) is 0 Å². The average Bonchev–Trinajstić information content (AvgIpc) is 3.33. The third-order valence-corrected chi connectivity index (χ3v) is 6.15. The molecule has 0 bridgehead atoms. The summed E-state index contributed by atoms with van der Waals surface area (Å²) in [7, 11) is 0. The van der Waals surface area contributed by atoms with Crippen LogP contribution >= 0.6 is 11.8 Å². The van der Waals surface area contributed by atoms with E-state index in [0.29, 0.717) is 4.75 Å². The molecule has 3 rings (SSSR count). The van der Waals surface area contributed by atoms with Crippen molar-refractivity contribution in [2.24, 2.45) is 4.99 Å². The Morgan fingerprint density at radius 2 is 2.15 bits per heavy atom. The molecule has 0 spiro atoms. The molecule has 1 aliphatic rings. The first-order chi connectivity index (χ1) is 12.7. The van der Waals surface area contributed by atoms with Crippen LogP contribution in [0.5, 0.6) is 0 Å². The second-order valence-electron chi connectivity index (χ2n) is 6.89. The quantitative estimate of drug-likeness (QED) is 0.579. The molecule has 0 aliphatic carbocycles. The van der Waals surface area contributed by atoms with Crippen molar-refractivity contribution in [1.29, 1.82) is 0 Å². The van der Waals surface area contributed by atoms with Gasteiger partial charge in [0, 0.05) is 30.2 Å². The maximum atomic E-state index is 4.81. The molecule has 5 nitrogen and oxygen atoms in total. The van der Waals surface area contributed by atoms with Gasteiger partial charge in [-0.3, -0.25) is 4.99 Å². The predicted octanol–water partition coefficient (Wildman–Crippen LogP) is 3.26. The molecular formula is C20H29N5S. The summed E-state index contributed by atoms with van der Waals surface area (Å²) in [6.07, 6.45) is 7.30. The standard InChI is InChI=1S/C20H29N5S/c1-3-21-19(23-16-20(2)11-4-15-26-20)22-13-10-17-6-8-18(9-7-17)25-14-5-12-24-25/h5-9,12,14H,3-4,10-11,13,15-16H2,1-2H3,(H2,21,22,23). The molecule has 1 fully saturated rings. The van der Waals surface area contributed by atoms with Crippen LogP contribution in [0.1, 0.15) is 32.3 Å². The SMILES string of the molecule is CCNC(=NCC1(C)CCCS1)NCCc1ccc(-n2cccn2)cc1. The van der Waals surface area contributed by atoms with E-state index in [0.717, 1.165) is 37.7 Å². The van der Waals surface area contributed by atoms with Crippen LogP contribution in [0.4, 0.5) is 0 Å². The molecule has 1 aliphatic heterocycles. The van der Waals surface area contributed by atoms with Gasteiger partial charge < -0.3 is 10.6 Å². The van der Waals surface area contributed by atoms with Crippen LogP contribution in [0.3, 0.4) is 0 Å². The van der Waals surface area contributed by atoms with Gasteiger partial charge in [-0.1, -0.05) is 12.1 Å². The molecule has 0 radical (unpaired) electrons. The predicted molar refractivity (Wildman–Crippen MR) is 111 cm³/mol. The Hall–Kier alpha value is -1.95. The van der Waals surface area contributed by atoms with Crippen molar-refractivity contribution in [2.75, 3.05) is 25.4 Å². The molecule has 2 aromatic rings. The van der Waals surface area contributed by atoms with Crippen molar-refractivity contribution < 1.29 is 0 Å². The summed E-state index contributed by atoms with van der Waals surface area (Å²) in [5.74, 6) is 2.19. The molecule has 1 aromatic heterocycles. The Kier molecular flexibility index (Phi) is 6.61. The van der Waals surface area contributed by atoms with Gasteiger partial charge in [0.2, 0.25) is 0 Å². The Bertz CT molecular complexity index is 688. The van der Waals surface area contributed by atoms with E-state index < -0.39 is 0 Å². The number of benzene rings is 1. The minimum Gasteiger partial charge on any atom is -0.357 e. The molecule has 6 heteroatoms. The smallest absolute Gasteiger partial charge is 0.191 e. The van der Waals surface area contributed by atoms with Gasteiger partial charge in [-0.25, -0.2) is 4.68 Å². The topological polar surface area (TPSA) is 54.2 Å². The minimum atomic E-state index is 0.310. The zero-order chi connectivity index (χ0) is 18.2. The van der Waals surface area contributed by atoms with E-state index in [1.165, 1.54) is 24.2 Å². The van der Waals surface area contributed by atoms with Crippen LogP contribution in [-0.4, -0.2) is 45.9 Å². The number of thioether (sulfide) groups is 1. The molecule has 2 heterocycles. The number of nitrogens with one attached hydrogen (secondary N) is 2. The molecule has 1 saturated heterocycles. The Labute approximate surface area is 160 Å². The van der Waals surface area contributed by atoms with Crippen LogP contribution in [-0.2, 0) is 6.42 Å². The fourth-order valence-corrected chi connectivity index (χ4v) is 4.34. The number of rotatable bonds is 7. The molecule has 1 unspecified atom stereocenters. The van der Waals surface area contributed by atoms with Crippen molar-refractivity contribution in [3.63, 3.8) is 0 Å². The lowest BCUT2D eigenvalue weighted by Gasteiger charge is -2.21. The molecule has 0 saturated carbocycles. The lowest BCUT2D eigenvalue weighted by molar-refractivity contribution is 0.614. The highest BCUT2D eigenvalue weighted by atomic mass is 32.2. The van der Waals surface area contributed by atoms with E-state index >= 15 is 0 Å². The molecule has 140 valence electrons. The molecule has 2 N–H and O–H groups in total. The maximum Gasteiger partial charge on any atom is 0.191 e. The van der Waals surface area contributed by atoms with Gasteiger partial charge in [0.05, 0.1) is 12.2 Å². The van der Waals surface area contributed by atoms with Crippen molar-refractivity contribution in [1.82, 2.24) is 20.4 Å². The fraction of sp³-hybridized carbons (Fsp3) is 0.500. The fourth-order valence-electron chi connectivity index (χ4n) is 3.11. The van der Waals surface area contributed by atoms with Crippen LogP contribution in [0.15, 0.2) is 47.7 Å². The van der Waals surface area contributed by atoms with E-state index in [-0.39, 0.29) is 0 Å². The second kappa shape index (κ2) is 9.12. The molecule has 26 heavy (non-hydrogen) atoms. The van der Waals surface area contributed by atoms with E-state index in [1.54, 1.807) is 6.20 Å². The highest BCUT2D eigenvalue weighted by Gasteiger charge is 2.29. The van der Waals surface area contributed by atoms with Crippen molar-refractivity contribution >= 4 is 17.7 Å². The summed E-state index contributed by atoms with van der Waals surface area (Å²) in [6.45, 7) is 7.08. The van der Waals surface area contributed by atoms with Crippen LogP contribution < -0.4 is 10.6 Å². The molecule has 1 aromatic carbocycles. The van der Waals surface area contributed by atoms with Crippen molar-refractivity contribution in [3.8, 4) is 5.69 Å². The lowest BCUT2D eigenvalue weighted by Crippen LogP contribution is -2.39. The first kappa shape index (κ1) is 18.8. The number of aromatic nitrogens is 2. The summed E-state index contributed by atoms with van der Waals surface area (Å²) < 4.78 is 2.18. The van der Waals surface area contributed by atoms with Crippen LogP contribution in [0.25, 0.3) is 5.69 Å². The zero-order valence-electron chi connectivity index (χ0n) is 15.7. The van der Waals surface area contributed by atoms with E-state index in [1.807, 2.05) is 16.9 Å². The van der Waals surface area contributed by atoms with E-state index in [9.17, 15) is 0 Å². The van der Waals surface area contributed by atoms with E-state index in [4.69, 9.17) is 4.99 Å². The van der Waals surface area contributed by atoms with Gasteiger partial charge in [0.15, 0.2) is 5.96 Å². The Morgan fingerprint density at radius 1 is 1.31 bits per heavy atom.